The fraction of sp³-hybridized carbons (Fsp3) is 0.769. The Kier molecular flexibility index (Phi) is 4.39. The molecule has 0 aliphatic carbocycles. The van der Waals surface area contributed by atoms with E-state index in [1.54, 1.807) is 14.2 Å². The van der Waals surface area contributed by atoms with Gasteiger partial charge in [0.1, 0.15) is 18.0 Å². The minimum atomic E-state index is -0.404. The van der Waals surface area contributed by atoms with E-state index in [0.717, 1.165) is 12.8 Å². The van der Waals surface area contributed by atoms with Gasteiger partial charge >= 0.3 is 5.69 Å². The average Bonchev–Trinajstić information content (AvgIpc) is 2.70. The van der Waals surface area contributed by atoms with Crippen molar-refractivity contribution in [2.24, 2.45) is 13.0 Å². The number of rotatable bonds is 3. The quantitative estimate of drug-likeness (QED) is 0.627. The second kappa shape index (κ2) is 5.88. The van der Waals surface area contributed by atoms with Crippen molar-refractivity contribution in [3.63, 3.8) is 0 Å². The fourth-order valence-corrected chi connectivity index (χ4v) is 3.02. The van der Waals surface area contributed by atoms with Gasteiger partial charge < -0.3 is 9.47 Å². The van der Waals surface area contributed by atoms with E-state index in [4.69, 9.17) is 9.47 Å². The second-order valence-electron chi connectivity index (χ2n) is 5.38. The Morgan fingerprint density at radius 3 is 2.80 bits per heavy atom. The summed E-state index contributed by atoms with van der Waals surface area (Å²) in [6, 6.07) is 0. The van der Waals surface area contributed by atoms with Crippen LogP contribution in [0.25, 0.3) is 0 Å². The van der Waals surface area contributed by atoms with E-state index in [1.807, 2.05) is 6.92 Å². The molecule has 20 heavy (non-hydrogen) atoms. The molecule has 0 radical (unpaired) electrons. The maximum Gasteiger partial charge on any atom is 0.312 e. The molecule has 7 nitrogen and oxygen atoms in total. The van der Waals surface area contributed by atoms with Crippen molar-refractivity contribution < 1.29 is 14.4 Å². The highest BCUT2D eigenvalue weighted by Gasteiger charge is 2.35. The van der Waals surface area contributed by atoms with E-state index in [-0.39, 0.29) is 24.0 Å². The minimum absolute atomic E-state index is 0.00674. The topological polar surface area (TPSA) is 79.4 Å². The van der Waals surface area contributed by atoms with Crippen LogP contribution in [-0.4, -0.2) is 34.0 Å². The molecule has 0 unspecified atom stereocenters. The van der Waals surface area contributed by atoms with Gasteiger partial charge in [0.05, 0.1) is 17.1 Å². The molecule has 0 N–H and O–H groups in total. The zero-order valence-electron chi connectivity index (χ0n) is 12.3. The summed E-state index contributed by atoms with van der Waals surface area (Å²) in [5.74, 6) is 0.354. The normalized spacial score (nSPS) is 31.0. The highest BCUT2D eigenvalue weighted by Crippen LogP contribution is 2.37. The highest BCUT2D eigenvalue weighted by molar-refractivity contribution is 5.34. The van der Waals surface area contributed by atoms with Gasteiger partial charge in [-0.05, 0) is 25.7 Å². The van der Waals surface area contributed by atoms with E-state index < -0.39 is 4.92 Å². The molecule has 7 heteroatoms. The summed E-state index contributed by atoms with van der Waals surface area (Å²) in [5, 5.41) is 15.1. The lowest BCUT2D eigenvalue weighted by atomic mass is 9.95. The van der Waals surface area contributed by atoms with Crippen molar-refractivity contribution in [2.45, 2.75) is 45.0 Å². The number of hydrogen-bond donors (Lipinski definition) is 0. The van der Waals surface area contributed by atoms with Crippen LogP contribution in [0.15, 0.2) is 6.20 Å². The number of methoxy groups -OCH3 is 1. The van der Waals surface area contributed by atoms with E-state index in [2.05, 4.69) is 12.0 Å². The summed E-state index contributed by atoms with van der Waals surface area (Å²) in [4.78, 5) is 10.7. The molecule has 0 saturated carbocycles. The number of hydrogen-bond acceptors (Lipinski definition) is 5. The molecule has 2 rings (SSSR count). The second-order valence-corrected chi connectivity index (χ2v) is 5.38. The predicted molar refractivity (Wildman–Crippen MR) is 72.3 cm³/mol. The third-order valence-corrected chi connectivity index (χ3v) is 4.02. The smallest absolute Gasteiger partial charge is 0.312 e. The van der Waals surface area contributed by atoms with Gasteiger partial charge in [-0.2, -0.15) is 5.10 Å². The molecule has 1 aliphatic heterocycles. The summed E-state index contributed by atoms with van der Waals surface area (Å²) in [6.07, 6.45) is 2.48. The first kappa shape index (κ1) is 14.9. The van der Waals surface area contributed by atoms with Gasteiger partial charge in [0.2, 0.25) is 0 Å². The molecule has 1 fully saturated rings. The van der Waals surface area contributed by atoms with Gasteiger partial charge in [-0.25, -0.2) is 0 Å². The third-order valence-electron chi connectivity index (χ3n) is 4.02. The number of aryl methyl sites for hydroxylation is 1. The summed E-state index contributed by atoms with van der Waals surface area (Å²) >= 11 is 0. The van der Waals surface area contributed by atoms with E-state index in [1.165, 1.54) is 10.9 Å². The van der Waals surface area contributed by atoms with Crippen LogP contribution in [0.3, 0.4) is 0 Å². The molecule has 0 bridgehead atoms. The lowest BCUT2D eigenvalue weighted by Crippen LogP contribution is -2.32. The molecule has 0 amide bonds. The molecular formula is C13H21N3O4. The van der Waals surface area contributed by atoms with E-state index in [0.29, 0.717) is 11.6 Å². The Labute approximate surface area is 118 Å². The van der Waals surface area contributed by atoms with Crippen LogP contribution in [0.5, 0.6) is 0 Å². The lowest BCUT2D eigenvalue weighted by Gasteiger charge is -2.26. The van der Waals surface area contributed by atoms with Crippen molar-refractivity contribution in [3.05, 3.63) is 22.0 Å². The molecule has 1 saturated heterocycles. The van der Waals surface area contributed by atoms with Gasteiger partial charge in [0, 0.05) is 14.2 Å². The number of ether oxygens (including phenoxy) is 2. The standard InChI is InChI=1S/C13H21N3O4/c1-8-5-6-11(20-9(2)13(8)19-4)12-10(16(17)18)7-14-15(12)3/h7-9,11,13H,5-6H2,1-4H3/t8-,9+,11+,13+/m1/s1. The van der Waals surface area contributed by atoms with Crippen molar-refractivity contribution in [3.8, 4) is 0 Å². The zero-order chi connectivity index (χ0) is 14.9. The van der Waals surface area contributed by atoms with Crippen molar-refractivity contribution in [2.75, 3.05) is 7.11 Å². The first-order valence-corrected chi connectivity index (χ1v) is 6.80. The molecule has 0 spiro atoms. The molecule has 1 aromatic rings. The first-order chi connectivity index (χ1) is 9.45. The number of nitrogens with zero attached hydrogens (tertiary/aromatic N) is 3. The number of aromatic nitrogens is 2. The molecule has 4 atom stereocenters. The van der Waals surface area contributed by atoms with Crippen LogP contribution < -0.4 is 0 Å². The Bertz CT molecular complexity index is 488. The Morgan fingerprint density at radius 2 is 2.20 bits per heavy atom. The van der Waals surface area contributed by atoms with Gasteiger partial charge in [-0.1, -0.05) is 6.92 Å². The first-order valence-electron chi connectivity index (χ1n) is 6.80. The van der Waals surface area contributed by atoms with Crippen molar-refractivity contribution in [1.29, 1.82) is 0 Å². The minimum Gasteiger partial charge on any atom is -0.378 e. The van der Waals surface area contributed by atoms with Crippen LogP contribution >= 0.6 is 0 Å². The maximum absolute atomic E-state index is 11.1. The Balaban J connectivity index is 2.30. The molecule has 112 valence electrons. The summed E-state index contributed by atoms with van der Waals surface area (Å²) in [7, 11) is 3.38. The average molecular weight is 283 g/mol. The van der Waals surface area contributed by atoms with E-state index >= 15 is 0 Å². The van der Waals surface area contributed by atoms with Crippen LogP contribution in [0.4, 0.5) is 5.69 Å². The highest BCUT2D eigenvalue weighted by atomic mass is 16.6. The third kappa shape index (κ3) is 2.69. The van der Waals surface area contributed by atoms with Crippen LogP contribution in [-0.2, 0) is 16.5 Å². The lowest BCUT2D eigenvalue weighted by molar-refractivity contribution is -0.386. The van der Waals surface area contributed by atoms with Crippen LogP contribution in [0.1, 0.15) is 38.5 Å². The van der Waals surface area contributed by atoms with Gasteiger partial charge in [0.25, 0.3) is 0 Å². The van der Waals surface area contributed by atoms with Crippen molar-refractivity contribution >= 4 is 5.69 Å². The van der Waals surface area contributed by atoms with Gasteiger partial charge in [-0.15, -0.1) is 0 Å². The predicted octanol–water partition coefficient (Wildman–Crippen LogP) is 2.22. The molecule has 2 heterocycles. The summed E-state index contributed by atoms with van der Waals surface area (Å²) in [6.45, 7) is 4.07. The zero-order valence-corrected chi connectivity index (χ0v) is 12.3. The summed E-state index contributed by atoms with van der Waals surface area (Å²) in [5.41, 5.74) is 0.555. The Morgan fingerprint density at radius 1 is 1.50 bits per heavy atom. The fourth-order valence-electron chi connectivity index (χ4n) is 3.02. The van der Waals surface area contributed by atoms with Gasteiger partial charge in [0.15, 0.2) is 0 Å². The molecule has 1 aliphatic rings. The molecular weight excluding hydrogens is 262 g/mol. The number of nitro groups is 1. The Hall–Kier alpha value is -1.47. The maximum atomic E-state index is 11.1. The summed E-state index contributed by atoms with van der Waals surface area (Å²) < 4.78 is 13.0. The van der Waals surface area contributed by atoms with E-state index in [9.17, 15) is 10.1 Å². The van der Waals surface area contributed by atoms with Crippen LogP contribution in [0.2, 0.25) is 0 Å². The van der Waals surface area contributed by atoms with Crippen molar-refractivity contribution in [1.82, 2.24) is 9.78 Å². The van der Waals surface area contributed by atoms with Crippen LogP contribution in [0, 0.1) is 16.0 Å². The molecule has 0 aromatic carbocycles. The molecule has 1 aromatic heterocycles. The largest absolute Gasteiger partial charge is 0.378 e. The van der Waals surface area contributed by atoms with Gasteiger partial charge in [-0.3, -0.25) is 14.8 Å². The SMILES string of the molecule is CO[C@H]1[C@H](C)CC[C@@H](c2c([N+](=O)[O-])cnn2C)O[C@H]1C. The monoisotopic (exact) mass is 283 g/mol.